The molecule has 0 atom stereocenters. The van der Waals surface area contributed by atoms with Gasteiger partial charge in [-0.3, -0.25) is 9.59 Å². The predicted molar refractivity (Wildman–Crippen MR) is 128 cm³/mol. The molecule has 0 aliphatic carbocycles. The summed E-state index contributed by atoms with van der Waals surface area (Å²) in [4.78, 5) is 29.5. The Morgan fingerprint density at radius 3 is 2.36 bits per heavy atom. The molecule has 1 aromatic carbocycles. The Labute approximate surface area is 203 Å². The van der Waals surface area contributed by atoms with Gasteiger partial charge in [0, 0.05) is 37.8 Å². The van der Waals surface area contributed by atoms with Gasteiger partial charge in [-0.15, -0.1) is 11.3 Å². The molecular weight excluding hydrogens is 484 g/mol. The van der Waals surface area contributed by atoms with Gasteiger partial charge >= 0.3 is 0 Å². The van der Waals surface area contributed by atoms with Crippen LogP contribution in [-0.2, 0) is 14.6 Å². The van der Waals surface area contributed by atoms with Crippen molar-refractivity contribution in [2.75, 3.05) is 39.0 Å². The Morgan fingerprint density at radius 1 is 1.12 bits per heavy atom. The largest absolute Gasteiger partial charge is 0.484 e. The van der Waals surface area contributed by atoms with Crippen molar-refractivity contribution in [2.24, 2.45) is 5.41 Å². The molecule has 3 heterocycles. The second-order valence-electron chi connectivity index (χ2n) is 8.93. The van der Waals surface area contributed by atoms with Gasteiger partial charge in [0.15, 0.2) is 16.4 Å². The summed E-state index contributed by atoms with van der Waals surface area (Å²) in [5.74, 6) is 0.468. The van der Waals surface area contributed by atoms with Crippen LogP contribution in [0.3, 0.4) is 0 Å². The number of rotatable bonds is 5. The fraction of sp³-hybridized carbons (Fsp3) is 0.478. The Balaban J connectivity index is 1.32. The van der Waals surface area contributed by atoms with Gasteiger partial charge in [0.25, 0.3) is 11.8 Å². The lowest BCUT2D eigenvalue weighted by atomic mass is 9.78. The summed E-state index contributed by atoms with van der Waals surface area (Å²) in [6.45, 7) is 4.43. The fourth-order valence-corrected chi connectivity index (χ4v) is 7.44. The number of nitrogens with zero attached hydrogens (tertiary/aromatic N) is 2. The highest BCUT2D eigenvalue weighted by atomic mass is 35.5. The van der Waals surface area contributed by atoms with Gasteiger partial charge in [0.2, 0.25) is 0 Å². The maximum atomic E-state index is 13.0. The Hall–Kier alpha value is -2.10. The maximum Gasteiger partial charge on any atom is 0.265 e. The summed E-state index contributed by atoms with van der Waals surface area (Å²) in [6.07, 6.45) is 3.59. The number of ether oxygens (including phenoxy) is 1. The van der Waals surface area contributed by atoms with Gasteiger partial charge in [-0.1, -0.05) is 29.8 Å². The smallest absolute Gasteiger partial charge is 0.265 e. The van der Waals surface area contributed by atoms with Crippen LogP contribution in [-0.4, -0.2) is 69.1 Å². The lowest BCUT2D eigenvalue weighted by Crippen LogP contribution is -2.46. The third kappa shape index (κ3) is 5.05. The zero-order chi connectivity index (χ0) is 23.8. The molecule has 2 aromatic rings. The molecule has 4 rings (SSSR count). The highest BCUT2D eigenvalue weighted by molar-refractivity contribution is 7.91. The van der Waals surface area contributed by atoms with E-state index in [9.17, 15) is 18.0 Å². The van der Waals surface area contributed by atoms with Crippen molar-refractivity contribution in [3.8, 4) is 5.75 Å². The third-order valence-electron chi connectivity index (χ3n) is 6.64. The summed E-state index contributed by atoms with van der Waals surface area (Å²) in [6, 6.07) is 7.62. The fourth-order valence-electron chi connectivity index (χ4n) is 4.56. The standard InChI is InChI=1S/C23H27ClN2O5S2/c1-16-5-3-4-6-17(16)31-13-19(27)25-10-7-23(8-11-25)9-12-26(15-23)22(28)21-20(24)18(14-32-21)33(2,29)30/h3-6,14H,7-13,15H2,1-2H3. The van der Waals surface area contributed by atoms with Crippen LogP contribution in [0.25, 0.3) is 0 Å². The molecule has 2 fully saturated rings. The number of amides is 2. The van der Waals surface area contributed by atoms with Crippen molar-refractivity contribution in [3.05, 3.63) is 45.1 Å². The minimum Gasteiger partial charge on any atom is -0.484 e. The van der Waals surface area contributed by atoms with Gasteiger partial charge in [0.1, 0.15) is 10.6 Å². The van der Waals surface area contributed by atoms with Gasteiger partial charge in [-0.05, 0) is 43.2 Å². The number of sulfone groups is 1. The summed E-state index contributed by atoms with van der Waals surface area (Å²) in [7, 11) is -3.48. The second kappa shape index (κ2) is 9.27. The summed E-state index contributed by atoms with van der Waals surface area (Å²) in [5, 5.41) is 1.45. The van der Waals surface area contributed by atoms with Crippen LogP contribution in [0.4, 0.5) is 0 Å². The number of para-hydroxylation sites is 1. The Bertz CT molecular complexity index is 1170. The number of thiophene rings is 1. The number of carbonyl (C=O) groups excluding carboxylic acids is 2. The van der Waals surface area contributed by atoms with Crippen LogP contribution in [0.1, 0.15) is 34.5 Å². The summed E-state index contributed by atoms with van der Waals surface area (Å²) < 4.78 is 29.4. The van der Waals surface area contributed by atoms with Gasteiger partial charge < -0.3 is 14.5 Å². The van der Waals surface area contributed by atoms with E-state index >= 15 is 0 Å². The summed E-state index contributed by atoms with van der Waals surface area (Å²) >= 11 is 7.30. The average molecular weight is 511 g/mol. The van der Waals surface area contributed by atoms with Gasteiger partial charge in [-0.2, -0.15) is 0 Å². The van der Waals surface area contributed by atoms with Crippen LogP contribution < -0.4 is 4.74 Å². The molecule has 0 bridgehead atoms. The van der Waals surface area contributed by atoms with E-state index in [0.29, 0.717) is 26.2 Å². The first kappa shape index (κ1) is 24.0. The van der Waals surface area contributed by atoms with Crippen LogP contribution >= 0.6 is 22.9 Å². The van der Waals surface area contributed by atoms with Gasteiger partial charge in [-0.25, -0.2) is 8.42 Å². The van der Waals surface area contributed by atoms with Crippen LogP contribution in [0.2, 0.25) is 5.02 Å². The Kier molecular flexibility index (Phi) is 6.75. The van der Waals surface area contributed by atoms with Crippen molar-refractivity contribution in [1.29, 1.82) is 0 Å². The second-order valence-corrected chi connectivity index (χ2v) is 12.2. The molecule has 2 aliphatic rings. The molecule has 10 heteroatoms. The van der Waals surface area contributed by atoms with Crippen molar-refractivity contribution in [1.82, 2.24) is 9.80 Å². The molecule has 1 spiro atoms. The first-order valence-electron chi connectivity index (χ1n) is 10.8. The first-order valence-corrected chi connectivity index (χ1v) is 14.0. The first-order chi connectivity index (χ1) is 15.6. The quantitative estimate of drug-likeness (QED) is 0.613. The molecule has 0 radical (unpaired) electrons. The lowest BCUT2D eigenvalue weighted by molar-refractivity contribution is -0.135. The molecule has 0 N–H and O–H groups in total. The molecule has 2 amide bonds. The van der Waals surface area contributed by atoms with E-state index in [0.717, 1.165) is 48.2 Å². The molecule has 2 saturated heterocycles. The van der Waals surface area contributed by atoms with Crippen molar-refractivity contribution in [2.45, 2.75) is 31.1 Å². The third-order valence-corrected chi connectivity index (χ3v) is 9.50. The minimum absolute atomic E-state index is 0.00571. The number of halogens is 1. The molecule has 0 unspecified atom stereocenters. The molecule has 2 aliphatic heterocycles. The maximum absolute atomic E-state index is 13.0. The van der Waals surface area contributed by atoms with Crippen molar-refractivity contribution in [3.63, 3.8) is 0 Å². The van der Waals surface area contributed by atoms with Gasteiger partial charge in [0.05, 0.1) is 9.92 Å². The predicted octanol–water partition coefficient (Wildman–Crippen LogP) is 3.65. The van der Waals surface area contributed by atoms with Crippen LogP contribution in [0.15, 0.2) is 34.5 Å². The zero-order valence-electron chi connectivity index (χ0n) is 18.7. The number of hydrogen-bond donors (Lipinski definition) is 0. The molecule has 33 heavy (non-hydrogen) atoms. The molecule has 0 saturated carbocycles. The average Bonchev–Trinajstić information content (AvgIpc) is 3.37. The topological polar surface area (TPSA) is 84.0 Å². The Morgan fingerprint density at radius 2 is 1.76 bits per heavy atom. The molecule has 1 aromatic heterocycles. The van der Waals surface area contributed by atoms with Crippen molar-refractivity contribution < 1.29 is 22.7 Å². The number of hydrogen-bond acceptors (Lipinski definition) is 6. The monoisotopic (exact) mass is 510 g/mol. The molecule has 7 nitrogen and oxygen atoms in total. The summed E-state index contributed by atoms with van der Waals surface area (Å²) in [5.41, 5.74) is 0.973. The number of carbonyl (C=O) groups is 2. The van der Waals surface area contributed by atoms with Crippen LogP contribution in [0.5, 0.6) is 5.75 Å². The number of benzene rings is 1. The van der Waals surface area contributed by atoms with E-state index in [1.54, 1.807) is 4.90 Å². The van der Waals surface area contributed by atoms with E-state index in [4.69, 9.17) is 16.3 Å². The van der Waals surface area contributed by atoms with E-state index in [1.165, 1.54) is 5.38 Å². The lowest BCUT2D eigenvalue weighted by Gasteiger charge is -2.39. The van der Waals surface area contributed by atoms with Crippen molar-refractivity contribution >= 4 is 44.6 Å². The highest BCUT2D eigenvalue weighted by Gasteiger charge is 2.43. The number of aryl methyl sites for hydroxylation is 1. The minimum atomic E-state index is -3.48. The normalized spacial score (nSPS) is 18.0. The van der Waals surface area contributed by atoms with E-state index in [1.807, 2.05) is 36.1 Å². The highest BCUT2D eigenvalue weighted by Crippen LogP contribution is 2.42. The molecular formula is C23H27ClN2O5S2. The number of piperidine rings is 1. The molecule has 178 valence electrons. The SMILES string of the molecule is Cc1ccccc1OCC(=O)N1CCC2(CC1)CCN(C(=O)c1scc(S(C)(=O)=O)c1Cl)C2. The zero-order valence-corrected chi connectivity index (χ0v) is 21.1. The number of likely N-dealkylation sites (tertiary alicyclic amines) is 2. The van der Waals surface area contributed by atoms with E-state index < -0.39 is 9.84 Å². The van der Waals surface area contributed by atoms with Crippen LogP contribution in [0, 0.1) is 12.3 Å². The van der Waals surface area contributed by atoms with E-state index in [2.05, 4.69) is 0 Å². The van der Waals surface area contributed by atoms with E-state index in [-0.39, 0.29) is 38.6 Å².